The Morgan fingerprint density at radius 2 is 0.359 bits per heavy atom. The maximum absolute atomic E-state index is 4.69. The maximum atomic E-state index is 4.69. The Kier molecular flexibility index (Phi) is 36.7. The molecular weight excluding hydrogens is 1130 g/mol. The van der Waals surface area contributed by atoms with E-state index < -0.39 is 0 Å². The van der Waals surface area contributed by atoms with Gasteiger partial charge in [0.15, 0.2) is 0 Å². The van der Waals surface area contributed by atoms with Crippen LogP contribution in [0.15, 0.2) is 0 Å². The lowest BCUT2D eigenvalue weighted by molar-refractivity contribution is 0.0547. The summed E-state index contributed by atoms with van der Waals surface area (Å²) >= 11 is 0. The van der Waals surface area contributed by atoms with Crippen LogP contribution in [0, 0.1) is 47.3 Å². The molecule has 12 nitrogen and oxygen atoms in total. The molecule has 4 saturated carbocycles. The van der Waals surface area contributed by atoms with Crippen molar-refractivity contribution < 1.29 is 0 Å². The Hall–Kier alpha value is -0.480. The van der Waals surface area contributed by atoms with E-state index >= 15 is 0 Å². The molecule has 12 N–H and O–H groups in total. The highest BCUT2D eigenvalue weighted by molar-refractivity contribution is 5.19. The van der Waals surface area contributed by atoms with E-state index in [1.165, 1.54) is 334 Å². The standard InChI is InChI=1S/C80H156N12/c1-5-9-13-17-21-25-29-33-37-47-57-81-69-67-68(80-91-78-66-56-46-44-54-64(66)76(89-78)87-74-62-52-42-41-51-61(62)73(85-74)86-75-63-53-43-45-55-65(63)77(88-75)90-79(67)92-80)70(82-58-48-38-34-30-26-22-18-14-10-6-2)72(84-60-50-40-36-32-28-24-20-16-12-8-4)71(69)83-59-49-39-35-31-27-23-19-15-11-7-3/h61-92H,5-60H2,1-4H3. The summed E-state index contributed by atoms with van der Waals surface area (Å²) in [5.41, 5.74) is 0. The highest BCUT2D eigenvalue weighted by atomic mass is 15.4. The van der Waals surface area contributed by atoms with Gasteiger partial charge in [0.2, 0.25) is 0 Å². The minimum atomic E-state index is 0.176. The molecule has 92 heavy (non-hydrogen) atoms. The van der Waals surface area contributed by atoms with Gasteiger partial charge in [-0.05, 0) is 126 Å². The minimum Gasteiger partial charge on any atom is -0.312 e. The molecule has 0 aromatic rings. The molecule has 0 amide bonds. The number of rotatable bonds is 48. The molecule has 0 aromatic heterocycles. The zero-order chi connectivity index (χ0) is 63.6. The van der Waals surface area contributed by atoms with Gasteiger partial charge in [0.25, 0.3) is 0 Å². The predicted molar refractivity (Wildman–Crippen MR) is 393 cm³/mol. The Balaban J connectivity index is 1.01. The average Bonchev–Trinajstić information content (AvgIpc) is 1.54. The first-order valence-electron chi connectivity index (χ1n) is 42.6. The first kappa shape index (κ1) is 75.7. The summed E-state index contributed by atoms with van der Waals surface area (Å²) in [4.78, 5) is 0. The minimum absolute atomic E-state index is 0.176. The summed E-state index contributed by atoms with van der Waals surface area (Å²) < 4.78 is 0. The van der Waals surface area contributed by atoms with E-state index in [9.17, 15) is 0 Å². The van der Waals surface area contributed by atoms with E-state index in [2.05, 4.69) is 91.5 Å². The van der Waals surface area contributed by atoms with Crippen LogP contribution in [-0.2, 0) is 0 Å². The topological polar surface area (TPSA) is 144 Å². The zero-order valence-corrected chi connectivity index (χ0v) is 61.1. The smallest absolute Gasteiger partial charge is 0.0644 e. The fourth-order valence-electron chi connectivity index (χ4n) is 20.7. The number of hydrogen-bond acceptors (Lipinski definition) is 12. The van der Waals surface area contributed by atoms with E-state index in [1.54, 1.807) is 0 Å². The van der Waals surface area contributed by atoms with Gasteiger partial charge in [0.1, 0.15) is 0 Å². The van der Waals surface area contributed by atoms with Crippen LogP contribution in [0.1, 0.15) is 362 Å². The number of hydrogen-bond donors (Lipinski definition) is 12. The normalized spacial score (nSPS) is 35.1. The fourth-order valence-corrected chi connectivity index (χ4v) is 20.7. The molecule has 4 aliphatic carbocycles. The highest BCUT2D eigenvalue weighted by Gasteiger charge is 2.61. The van der Waals surface area contributed by atoms with Crippen molar-refractivity contribution in [2.45, 2.75) is 435 Å². The number of unbranched alkanes of at least 4 members (excludes halogenated alkanes) is 36. The fraction of sp³-hybridized carbons (Fsp3) is 1.00. The molecule has 5 saturated heterocycles. The van der Waals surface area contributed by atoms with Crippen LogP contribution >= 0.6 is 0 Å². The molecule has 9 aliphatic rings. The van der Waals surface area contributed by atoms with Gasteiger partial charge in [-0.1, -0.05) is 297 Å². The second kappa shape index (κ2) is 44.6. The van der Waals surface area contributed by atoms with Gasteiger partial charge < -0.3 is 21.3 Å². The molecule has 20 unspecified atom stereocenters. The van der Waals surface area contributed by atoms with E-state index in [1.807, 2.05) is 0 Å². The second-order valence-corrected chi connectivity index (χ2v) is 32.8. The van der Waals surface area contributed by atoms with Crippen LogP contribution < -0.4 is 63.8 Å². The van der Waals surface area contributed by atoms with Gasteiger partial charge in [-0.3, -0.25) is 42.5 Å². The number of fused-ring (bicyclic) bond motifs is 20. The van der Waals surface area contributed by atoms with Crippen LogP contribution in [0.4, 0.5) is 0 Å². The van der Waals surface area contributed by atoms with Gasteiger partial charge in [-0.15, -0.1) is 0 Å². The highest BCUT2D eigenvalue weighted by Crippen LogP contribution is 2.46. The summed E-state index contributed by atoms with van der Waals surface area (Å²) in [6, 6.07) is 1.31. The molecule has 536 valence electrons. The molecule has 8 bridgehead atoms. The summed E-state index contributed by atoms with van der Waals surface area (Å²) in [5.74, 6) is 4.74. The molecule has 0 spiro atoms. The predicted octanol–water partition coefficient (Wildman–Crippen LogP) is 16.6. The zero-order valence-electron chi connectivity index (χ0n) is 61.1. The van der Waals surface area contributed by atoms with Crippen molar-refractivity contribution in [3.63, 3.8) is 0 Å². The monoisotopic (exact) mass is 1290 g/mol. The summed E-state index contributed by atoms with van der Waals surface area (Å²) in [6.45, 7) is 13.9. The van der Waals surface area contributed by atoms with Crippen molar-refractivity contribution in [1.82, 2.24) is 63.8 Å². The molecule has 5 heterocycles. The van der Waals surface area contributed by atoms with Crippen molar-refractivity contribution >= 4 is 0 Å². The Morgan fingerprint density at radius 1 is 0.196 bits per heavy atom. The van der Waals surface area contributed by atoms with Gasteiger partial charge >= 0.3 is 0 Å². The van der Waals surface area contributed by atoms with Crippen molar-refractivity contribution in [1.29, 1.82) is 0 Å². The quantitative estimate of drug-likeness (QED) is 0.0264. The van der Waals surface area contributed by atoms with Crippen LogP contribution in [0.25, 0.3) is 0 Å². The van der Waals surface area contributed by atoms with E-state index in [0.717, 1.165) is 26.2 Å². The van der Waals surface area contributed by atoms with Crippen molar-refractivity contribution in [2.75, 3.05) is 26.2 Å². The maximum Gasteiger partial charge on any atom is 0.0644 e. The molecular formula is C80H156N12. The first-order chi connectivity index (χ1) is 45.6. The van der Waals surface area contributed by atoms with Crippen molar-refractivity contribution in [2.24, 2.45) is 47.3 Å². The lowest BCUT2D eigenvalue weighted by atomic mass is 9.67. The average molecular weight is 1290 g/mol. The molecule has 9 rings (SSSR count). The lowest BCUT2D eigenvalue weighted by Gasteiger charge is -2.53. The van der Waals surface area contributed by atoms with E-state index in [-0.39, 0.29) is 24.7 Å². The van der Waals surface area contributed by atoms with Crippen LogP contribution in [0.5, 0.6) is 0 Å². The lowest BCUT2D eigenvalue weighted by Crippen LogP contribution is -2.75. The van der Waals surface area contributed by atoms with Gasteiger partial charge in [-0.2, -0.15) is 0 Å². The third-order valence-corrected chi connectivity index (χ3v) is 25.9. The van der Waals surface area contributed by atoms with E-state index in [4.69, 9.17) is 0 Å². The first-order valence-corrected chi connectivity index (χ1v) is 42.6. The van der Waals surface area contributed by atoms with Crippen LogP contribution in [0.3, 0.4) is 0 Å². The summed E-state index contributed by atoms with van der Waals surface area (Å²) in [5, 5.41) is 54.7. The molecule has 9 fully saturated rings. The molecule has 0 aromatic carbocycles. The largest absolute Gasteiger partial charge is 0.312 e. The number of nitrogens with one attached hydrogen (secondary N) is 12. The van der Waals surface area contributed by atoms with Gasteiger partial charge in [0, 0.05) is 36.0 Å². The summed E-state index contributed by atoms with van der Waals surface area (Å²) in [6.07, 6.45) is 74.0. The third-order valence-electron chi connectivity index (χ3n) is 25.9. The summed E-state index contributed by atoms with van der Waals surface area (Å²) in [7, 11) is 0. The Labute approximate surface area is 569 Å². The Morgan fingerprint density at radius 3 is 0.565 bits per heavy atom. The third kappa shape index (κ3) is 23.6. The van der Waals surface area contributed by atoms with Crippen LogP contribution in [0.2, 0.25) is 0 Å². The second-order valence-electron chi connectivity index (χ2n) is 32.8. The molecule has 12 heteroatoms. The molecule has 20 atom stereocenters. The van der Waals surface area contributed by atoms with Crippen molar-refractivity contribution in [3.8, 4) is 0 Å². The van der Waals surface area contributed by atoms with E-state index in [0.29, 0.717) is 96.2 Å². The SMILES string of the molecule is CCCCCCCCCCCCNC1C(NCCCCCCCCCCCC)C(NCCCCCCCCCCCC)C2C3NC4NC(NC5NC(NC6NC(NC(N3)C2C1NCCCCCCCCCCCC)C1CCCCC61)C1CCCCC51)C1CCCCC41. The van der Waals surface area contributed by atoms with Crippen molar-refractivity contribution in [3.05, 3.63) is 0 Å². The van der Waals surface area contributed by atoms with Gasteiger partial charge in [-0.25, -0.2) is 0 Å². The molecule has 5 aliphatic heterocycles. The van der Waals surface area contributed by atoms with Gasteiger partial charge in [0.05, 0.1) is 49.3 Å². The van der Waals surface area contributed by atoms with Crippen LogP contribution in [-0.4, -0.2) is 99.7 Å². The Bertz CT molecular complexity index is 1720. The molecule has 0 radical (unpaired) electrons.